The van der Waals surface area contributed by atoms with Crippen molar-refractivity contribution in [2.45, 2.75) is 12.2 Å². The summed E-state index contributed by atoms with van der Waals surface area (Å²) >= 11 is 0. The summed E-state index contributed by atoms with van der Waals surface area (Å²) < 4.78 is 38.3. The molecule has 28 heavy (non-hydrogen) atoms. The number of piperazine rings is 1. The molecular weight excluding hydrogens is 369 g/mol. The molecule has 1 aliphatic rings. The number of rotatable bonds is 6. The van der Waals surface area contributed by atoms with Crippen molar-refractivity contribution >= 4 is 5.84 Å². The standard InChI is InChI=1S/C19H27F3N6/c1-3-15(17(24)26-2)18(25)28-10-8-27(9-11-28)16(12-23)13-4-6-14(7-5-13)19(20,21)22/h3-7,16,25-26H,1,8-12,23-24H2,2H3/b17-15-,25-18?. The van der Waals surface area contributed by atoms with Crippen LogP contribution < -0.4 is 16.8 Å². The van der Waals surface area contributed by atoms with Crippen molar-refractivity contribution in [1.29, 1.82) is 5.41 Å². The zero-order chi connectivity index (χ0) is 20.9. The molecule has 1 fully saturated rings. The molecule has 1 atom stereocenters. The predicted octanol–water partition coefficient (Wildman–Crippen LogP) is 1.88. The molecule has 6 nitrogen and oxygen atoms in total. The van der Waals surface area contributed by atoms with Crippen LogP contribution >= 0.6 is 0 Å². The van der Waals surface area contributed by atoms with Gasteiger partial charge in [-0.15, -0.1) is 0 Å². The van der Waals surface area contributed by atoms with E-state index in [4.69, 9.17) is 16.9 Å². The molecule has 0 saturated carbocycles. The number of nitrogens with two attached hydrogens (primary N) is 2. The van der Waals surface area contributed by atoms with Gasteiger partial charge in [-0.3, -0.25) is 10.3 Å². The van der Waals surface area contributed by atoms with Crippen LogP contribution in [0.1, 0.15) is 17.2 Å². The zero-order valence-corrected chi connectivity index (χ0v) is 15.9. The molecule has 0 bridgehead atoms. The summed E-state index contributed by atoms with van der Waals surface area (Å²) in [5.74, 6) is 0.673. The van der Waals surface area contributed by atoms with E-state index in [-0.39, 0.29) is 6.04 Å². The first-order valence-corrected chi connectivity index (χ1v) is 8.98. The number of amidine groups is 1. The Hall–Kier alpha value is -2.52. The zero-order valence-electron chi connectivity index (χ0n) is 15.9. The molecule has 9 heteroatoms. The lowest BCUT2D eigenvalue weighted by Crippen LogP contribution is -2.51. The molecule has 154 valence electrons. The monoisotopic (exact) mass is 396 g/mol. The molecule has 0 aromatic heterocycles. The smallest absolute Gasteiger partial charge is 0.385 e. The number of alkyl halides is 3. The van der Waals surface area contributed by atoms with Gasteiger partial charge in [-0.2, -0.15) is 13.2 Å². The second kappa shape index (κ2) is 9.11. The van der Waals surface area contributed by atoms with Gasteiger partial charge in [0.05, 0.1) is 11.1 Å². The van der Waals surface area contributed by atoms with Crippen LogP contribution in [0.3, 0.4) is 0 Å². The second-order valence-corrected chi connectivity index (χ2v) is 6.52. The van der Waals surface area contributed by atoms with E-state index in [0.717, 1.165) is 17.7 Å². The average molecular weight is 396 g/mol. The summed E-state index contributed by atoms with van der Waals surface area (Å²) in [7, 11) is 1.68. The molecule has 0 aliphatic carbocycles. The fourth-order valence-electron chi connectivity index (χ4n) is 3.29. The largest absolute Gasteiger partial charge is 0.416 e. The van der Waals surface area contributed by atoms with Crippen molar-refractivity contribution in [1.82, 2.24) is 15.1 Å². The highest BCUT2D eigenvalue weighted by molar-refractivity contribution is 5.98. The molecule has 1 unspecified atom stereocenters. The van der Waals surface area contributed by atoms with E-state index in [1.165, 1.54) is 12.1 Å². The minimum atomic E-state index is -4.35. The van der Waals surface area contributed by atoms with Gasteiger partial charge in [0.15, 0.2) is 0 Å². The van der Waals surface area contributed by atoms with Crippen molar-refractivity contribution in [2.75, 3.05) is 39.8 Å². The fourth-order valence-corrected chi connectivity index (χ4v) is 3.29. The maximum atomic E-state index is 12.8. The summed E-state index contributed by atoms with van der Waals surface area (Å²) in [6.07, 6.45) is -2.81. The van der Waals surface area contributed by atoms with Crippen molar-refractivity contribution < 1.29 is 13.2 Å². The van der Waals surface area contributed by atoms with Crippen LogP contribution in [-0.4, -0.2) is 55.4 Å². The highest BCUT2D eigenvalue weighted by atomic mass is 19.4. The Morgan fingerprint density at radius 3 is 2.25 bits per heavy atom. The number of nitrogens with zero attached hydrogens (tertiary/aromatic N) is 2. The van der Waals surface area contributed by atoms with E-state index >= 15 is 0 Å². The van der Waals surface area contributed by atoms with Crippen molar-refractivity contribution in [2.24, 2.45) is 11.5 Å². The summed E-state index contributed by atoms with van der Waals surface area (Å²) in [5.41, 5.74) is 12.4. The van der Waals surface area contributed by atoms with Gasteiger partial charge < -0.3 is 21.7 Å². The highest BCUT2D eigenvalue weighted by Gasteiger charge is 2.31. The van der Waals surface area contributed by atoms with Crippen molar-refractivity contribution in [3.8, 4) is 0 Å². The molecule has 0 radical (unpaired) electrons. The first-order valence-electron chi connectivity index (χ1n) is 8.98. The molecular formula is C19H27F3N6. The molecule has 1 aliphatic heterocycles. The normalized spacial score (nSPS) is 17.7. The van der Waals surface area contributed by atoms with Crippen LogP contribution in [-0.2, 0) is 6.18 Å². The van der Waals surface area contributed by atoms with E-state index in [0.29, 0.717) is 50.0 Å². The van der Waals surface area contributed by atoms with Gasteiger partial charge in [0.1, 0.15) is 11.7 Å². The molecule has 6 N–H and O–H groups in total. The summed E-state index contributed by atoms with van der Waals surface area (Å²) in [6.45, 7) is 6.46. The van der Waals surface area contributed by atoms with E-state index in [2.05, 4.69) is 16.8 Å². The number of benzene rings is 1. The minimum absolute atomic E-state index is 0.171. The highest BCUT2D eigenvalue weighted by Crippen LogP contribution is 2.31. The predicted molar refractivity (Wildman–Crippen MR) is 105 cm³/mol. The number of halogens is 3. The van der Waals surface area contributed by atoms with E-state index in [1.807, 2.05) is 4.90 Å². The minimum Gasteiger partial charge on any atom is -0.385 e. The summed E-state index contributed by atoms with van der Waals surface area (Å²) in [5, 5.41) is 11.2. The first kappa shape index (κ1) is 21.8. The maximum absolute atomic E-state index is 12.8. The van der Waals surface area contributed by atoms with E-state index < -0.39 is 11.7 Å². The maximum Gasteiger partial charge on any atom is 0.416 e. The molecule has 1 heterocycles. The third-order valence-electron chi connectivity index (χ3n) is 4.94. The van der Waals surface area contributed by atoms with Crippen LogP contribution in [0.4, 0.5) is 13.2 Å². The number of hydrogen-bond donors (Lipinski definition) is 4. The SMILES string of the molecule is C=C/C(C(=N)N1CCN(C(CN)c2ccc(C(F)(F)F)cc2)CC1)=C(\N)NC. The Labute approximate surface area is 163 Å². The Morgan fingerprint density at radius 2 is 1.82 bits per heavy atom. The number of hydrogen-bond acceptors (Lipinski definition) is 5. The Balaban J connectivity index is 2.06. The van der Waals surface area contributed by atoms with Gasteiger partial charge >= 0.3 is 6.18 Å². The summed E-state index contributed by atoms with van der Waals surface area (Å²) in [6, 6.07) is 4.98. The Bertz CT molecular complexity index is 718. The Morgan fingerprint density at radius 1 is 1.25 bits per heavy atom. The van der Waals surface area contributed by atoms with Gasteiger partial charge in [0, 0.05) is 45.8 Å². The third-order valence-corrected chi connectivity index (χ3v) is 4.94. The quantitative estimate of drug-likeness (QED) is 0.335. The molecule has 2 rings (SSSR count). The van der Waals surface area contributed by atoms with Crippen LogP contribution in [0.2, 0.25) is 0 Å². The number of nitrogens with one attached hydrogen (secondary N) is 2. The van der Waals surface area contributed by atoms with Gasteiger partial charge in [0.2, 0.25) is 0 Å². The average Bonchev–Trinajstić information content (AvgIpc) is 2.69. The molecule has 1 aromatic rings. The van der Waals surface area contributed by atoms with Crippen molar-refractivity contribution in [3.63, 3.8) is 0 Å². The van der Waals surface area contributed by atoms with Crippen LogP contribution in [0, 0.1) is 5.41 Å². The molecule has 1 saturated heterocycles. The van der Waals surface area contributed by atoms with E-state index in [1.54, 1.807) is 13.1 Å². The topological polar surface area (TPSA) is 94.4 Å². The van der Waals surface area contributed by atoms with Crippen molar-refractivity contribution in [3.05, 3.63) is 59.4 Å². The van der Waals surface area contributed by atoms with Crippen LogP contribution in [0.25, 0.3) is 0 Å². The molecule has 0 amide bonds. The van der Waals surface area contributed by atoms with Crippen LogP contribution in [0.15, 0.2) is 48.3 Å². The lowest BCUT2D eigenvalue weighted by atomic mass is 10.0. The Kier molecular flexibility index (Phi) is 7.09. The molecule has 1 aromatic carbocycles. The second-order valence-electron chi connectivity index (χ2n) is 6.52. The van der Waals surface area contributed by atoms with Gasteiger partial charge in [-0.1, -0.05) is 24.8 Å². The molecule has 0 spiro atoms. The fraction of sp³-hybridized carbons (Fsp3) is 0.421. The van der Waals surface area contributed by atoms with E-state index in [9.17, 15) is 13.2 Å². The third kappa shape index (κ3) is 4.85. The lowest BCUT2D eigenvalue weighted by Gasteiger charge is -2.40. The van der Waals surface area contributed by atoms with Gasteiger partial charge in [-0.05, 0) is 17.7 Å². The summed E-state index contributed by atoms with van der Waals surface area (Å²) in [4.78, 5) is 4.03. The van der Waals surface area contributed by atoms with Gasteiger partial charge in [-0.25, -0.2) is 0 Å². The first-order chi connectivity index (χ1) is 13.2. The lowest BCUT2D eigenvalue weighted by molar-refractivity contribution is -0.137. The van der Waals surface area contributed by atoms with Gasteiger partial charge in [0.25, 0.3) is 0 Å². The van der Waals surface area contributed by atoms with Crippen LogP contribution in [0.5, 0.6) is 0 Å².